The van der Waals surface area contributed by atoms with Gasteiger partial charge < -0.3 is 14.5 Å². The maximum Gasteiger partial charge on any atom is 0.123 e. The smallest absolute Gasteiger partial charge is 0.123 e. The van der Waals surface area contributed by atoms with Gasteiger partial charge in [-0.2, -0.15) is 0 Å². The first-order valence-electron chi connectivity index (χ1n) is 6.86. The summed E-state index contributed by atoms with van der Waals surface area (Å²) >= 11 is 0. The highest BCUT2D eigenvalue weighted by atomic mass is 16.5. The van der Waals surface area contributed by atoms with E-state index in [0.29, 0.717) is 6.54 Å². The molecule has 1 heterocycles. The third-order valence-electron chi connectivity index (χ3n) is 2.86. The van der Waals surface area contributed by atoms with Gasteiger partial charge in [-0.05, 0) is 42.8 Å². The van der Waals surface area contributed by atoms with Crippen LogP contribution in [0.3, 0.4) is 0 Å². The molecular weight excluding hydrogens is 238 g/mol. The van der Waals surface area contributed by atoms with Crippen LogP contribution in [0.2, 0.25) is 0 Å². The summed E-state index contributed by atoms with van der Waals surface area (Å²) in [5.41, 5.74) is 1.07. The molecule has 0 atom stereocenters. The molecular formula is C16H21NO2. The molecule has 0 spiro atoms. The van der Waals surface area contributed by atoms with Crippen LogP contribution in [0.5, 0.6) is 5.75 Å². The molecule has 0 radical (unpaired) electrons. The third kappa shape index (κ3) is 4.05. The molecule has 0 saturated carbocycles. The quantitative estimate of drug-likeness (QED) is 0.807. The zero-order valence-corrected chi connectivity index (χ0v) is 11.6. The Balaban J connectivity index is 1.85. The summed E-state index contributed by atoms with van der Waals surface area (Å²) in [4.78, 5) is 0. The molecule has 0 aliphatic rings. The van der Waals surface area contributed by atoms with Crippen molar-refractivity contribution < 1.29 is 9.15 Å². The van der Waals surface area contributed by atoms with Gasteiger partial charge in [-0.25, -0.2) is 0 Å². The first-order chi connectivity index (χ1) is 9.31. The average Bonchev–Trinajstić information content (AvgIpc) is 2.92. The second kappa shape index (κ2) is 6.88. The molecule has 3 nitrogen and oxygen atoms in total. The summed E-state index contributed by atoms with van der Waals surface area (Å²) in [5, 5.41) is 3.33. The first-order valence-corrected chi connectivity index (χ1v) is 6.86. The number of aryl methyl sites for hydroxylation is 1. The fourth-order valence-corrected chi connectivity index (χ4v) is 1.79. The highest BCUT2D eigenvalue weighted by molar-refractivity contribution is 5.46. The third-order valence-corrected chi connectivity index (χ3v) is 2.86. The second-order valence-electron chi connectivity index (χ2n) is 4.45. The molecule has 2 rings (SSSR count). The van der Waals surface area contributed by atoms with Gasteiger partial charge in [-0.3, -0.25) is 0 Å². The number of benzene rings is 1. The number of hydrogen-bond donors (Lipinski definition) is 1. The Hall–Kier alpha value is -1.90. The molecule has 0 unspecified atom stereocenters. The Kier molecular flexibility index (Phi) is 4.90. The van der Waals surface area contributed by atoms with Gasteiger partial charge in [-0.15, -0.1) is 0 Å². The molecule has 1 N–H and O–H groups in total. The fourth-order valence-electron chi connectivity index (χ4n) is 1.79. The normalized spacial score (nSPS) is 10.4. The molecule has 102 valence electrons. The lowest BCUT2D eigenvalue weighted by molar-refractivity contribution is 0.317. The van der Waals surface area contributed by atoms with E-state index in [4.69, 9.17) is 9.15 Å². The van der Waals surface area contributed by atoms with E-state index in [-0.39, 0.29) is 0 Å². The maximum atomic E-state index is 5.64. The second-order valence-corrected chi connectivity index (χ2v) is 4.45. The van der Waals surface area contributed by atoms with E-state index < -0.39 is 0 Å². The van der Waals surface area contributed by atoms with E-state index in [1.807, 2.05) is 36.4 Å². The van der Waals surface area contributed by atoms with Gasteiger partial charge in [0.05, 0.1) is 13.2 Å². The molecule has 0 aliphatic carbocycles. The monoisotopic (exact) mass is 259 g/mol. The summed E-state index contributed by atoms with van der Waals surface area (Å²) in [6.07, 6.45) is 1.96. The highest BCUT2D eigenvalue weighted by Gasteiger charge is 2.00. The SMILES string of the molecule is CCCOc1ccc(NCc2ccc(CC)o2)cc1. The first kappa shape index (κ1) is 13.5. The van der Waals surface area contributed by atoms with E-state index in [1.165, 1.54) is 0 Å². The van der Waals surface area contributed by atoms with E-state index in [1.54, 1.807) is 0 Å². The summed E-state index contributed by atoms with van der Waals surface area (Å²) < 4.78 is 11.2. The van der Waals surface area contributed by atoms with Gasteiger partial charge in [0, 0.05) is 12.1 Å². The van der Waals surface area contributed by atoms with E-state index in [0.717, 1.165) is 42.4 Å². The predicted octanol–water partition coefficient (Wildman–Crippen LogP) is 4.24. The molecule has 1 aromatic heterocycles. The van der Waals surface area contributed by atoms with Crippen molar-refractivity contribution in [2.45, 2.75) is 33.2 Å². The zero-order valence-electron chi connectivity index (χ0n) is 11.6. The van der Waals surface area contributed by atoms with Crippen molar-refractivity contribution in [2.24, 2.45) is 0 Å². The molecule has 1 aromatic carbocycles. The Morgan fingerprint density at radius 1 is 1.00 bits per heavy atom. The Labute approximate surface area is 114 Å². The highest BCUT2D eigenvalue weighted by Crippen LogP contribution is 2.17. The number of furan rings is 1. The number of anilines is 1. The van der Waals surface area contributed by atoms with Gasteiger partial charge in [0.15, 0.2) is 0 Å². The van der Waals surface area contributed by atoms with Gasteiger partial charge in [0.2, 0.25) is 0 Å². The van der Waals surface area contributed by atoms with Crippen molar-refractivity contribution in [2.75, 3.05) is 11.9 Å². The molecule has 3 heteroatoms. The van der Waals surface area contributed by atoms with Crippen LogP contribution in [0.4, 0.5) is 5.69 Å². The Morgan fingerprint density at radius 2 is 1.74 bits per heavy atom. The molecule has 0 bridgehead atoms. The van der Waals surface area contributed by atoms with Crippen LogP contribution in [-0.2, 0) is 13.0 Å². The lowest BCUT2D eigenvalue weighted by Crippen LogP contribution is -1.99. The standard InChI is InChI=1S/C16H21NO2/c1-3-11-18-15-7-5-13(6-8-15)17-12-16-10-9-14(4-2)19-16/h5-10,17H,3-4,11-12H2,1-2H3. The molecule has 2 aromatic rings. The van der Waals surface area contributed by atoms with Crippen molar-refractivity contribution in [3.63, 3.8) is 0 Å². The van der Waals surface area contributed by atoms with Crippen molar-refractivity contribution in [3.8, 4) is 5.75 Å². The number of hydrogen-bond acceptors (Lipinski definition) is 3. The topological polar surface area (TPSA) is 34.4 Å². The van der Waals surface area contributed by atoms with Crippen LogP contribution in [0.1, 0.15) is 31.8 Å². The summed E-state index contributed by atoms with van der Waals surface area (Å²) in [6.45, 7) is 5.66. The average molecular weight is 259 g/mol. The minimum Gasteiger partial charge on any atom is -0.494 e. The lowest BCUT2D eigenvalue weighted by atomic mass is 10.3. The molecule has 0 fully saturated rings. The van der Waals surface area contributed by atoms with Gasteiger partial charge in [0.25, 0.3) is 0 Å². The number of rotatable bonds is 7. The van der Waals surface area contributed by atoms with Crippen LogP contribution in [0.25, 0.3) is 0 Å². The van der Waals surface area contributed by atoms with Gasteiger partial charge >= 0.3 is 0 Å². The van der Waals surface area contributed by atoms with Crippen LogP contribution in [-0.4, -0.2) is 6.61 Å². The van der Waals surface area contributed by atoms with E-state index in [2.05, 4.69) is 19.2 Å². The van der Waals surface area contributed by atoms with Crippen LogP contribution in [0.15, 0.2) is 40.8 Å². The lowest BCUT2D eigenvalue weighted by Gasteiger charge is -2.07. The van der Waals surface area contributed by atoms with Gasteiger partial charge in [-0.1, -0.05) is 13.8 Å². The minimum atomic E-state index is 0.704. The zero-order chi connectivity index (χ0) is 13.5. The molecule has 0 amide bonds. The Morgan fingerprint density at radius 3 is 2.37 bits per heavy atom. The van der Waals surface area contributed by atoms with Crippen LogP contribution in [0, 0.1) is 0 Å². The van der Waals surface area contributed by atoms with Crippen LogP contribution < -0.4 is 10.1 Å². The van der Waals surface area contributed by atoms with Crippen LogP contribution >= 0.6 is 0 Å². The molecule has 19 heavy (non-hydrogen) atoms. The van der Waals surface area contributed by atoms with Crippen molar-refractivity contribution >= 4 is 5.69 Å². The summed E-state index contributed by atoms with van der Waals surface area (Å²) in [7, 11) is 0. The van der Waals surface area contributed by atoms with Gasteiger partial charge in [0.1, 0.15) is 17.3 Å². The maximum absolute atomic E-state index is 5.64. The molecule has 0 aliphatic heterocycles. The van der Waals surface area contributed by atoms with E-state index >= 15 is 0 Å². The predicted molar refractivity (Wildman–Crippen MR) is 77.6 cm³/mol. The largest absolute Gasteiger partial charge is 0.494 e. The van der Waals surface area contributed by atoms with Crippen molar-refractivity contribution in [1.82, 2.24) is 0 Å². The number of nitrogens with one attached hydrogen (secondary N) is 1. The summed E-state index contributed by atoms with van der Waals surface area (Å²) in [5.74, 6) is 2.90. The Bertz CT molecular complexity index is 488. The van der Waals surface area contributed by atoms with Crippen molar-refractivity contribution in [3.05, 3.63) is 47.9 Å². The minimum absolute atomic E-state index is 0.704. The number of ether oxygens (including phenoxy) is 1. The molecule has 0 saturated heterocycles. The van der Waals surface area contributed by atoms with Crippen molar-refractivity contribution in [1.29, 1.82) is 0 Å². The fraction of sp³-hybridized carbons (Fsp3) is 0.375. The van der Waals surface area contributed by atoms with E-state index in [9.17, 15) is 0 Å². The summed E-state index contributed by atoms with van der Waals surface area (Å²) in [6, 6.07) is 12.1.